The topological polar surface area (TPSA) is 112 Å². The maximum Gasteiger partial charge on any atom is 0.328 e. The summed E-state index contributed by atoms with van der Waals surface area (Å²) in [6, 6.07) is 4.68. The third kappa shape index (κ3) is 3.40. The monoisotopic (exact) mass is 359 g/mol. The number of aromatic nitrogens is 2. The van der Waals surface area contributed by atoms with Crippen LogP contribution in [-0.2, 0) is 11.3 Å². The van der Waals surface area contributed by atoms with Gasteiger partial charge in [-0.3, -0.25) is 19.0 Å². The molecule has 0 atom stereocenters. The first-order valence-electron chi connectivity index (χ1n) is 8.68. The number of carbonyl (C=O) groups is 2. The van der Waals surface area contributed by atoms with E-state index < -0.39 is 11.7 Å². The highest BCUT2D eigenvalue weighted by atomic mass is 16.4. The number of nitrogens with zero attached hydrogens (tertiary/aromatic N) is 2. The third-order valence-corrected chi connectivity index (χ3v) is 4.91. The molecular formula is C18H21N3O5. The first-order chi connectivity index (χ1) is 12.4. The van der Waals surface area contributed by atoms with Crippen LogP contribution in [0.2, 0.25) is 0 Å². The number of rotatable bonds is 4. The summed E-state index contributed by atoms with van der Waals surface area (Å²) < 4.78 is 1.11. The van der Waals surface area contributed by atoms with E-state index in [-0.39, 0.29) is 30.3 Å². The summed E-state index contributed by atoms with van der Waals surface area (Å²) in [5.74, 6) is -0.899. The summed E-state index contributed by atoms with van der Waals surface area (Å²) >= 11 is 0. The normalized spacial score (nSPS) is 15.3. The predicted molar refractivity (Wildman–Crippen MR) is 95.4 cm³/mol. The number of H-pyrrole nitrogens is 1. The number of benzene rings is 1. The van der Waals surface area contributed by atoms with Gasteiger partial charge >= 0.3 is 11.7 Å². The van der Waals surface area contributed by atoms with Crippen LogP contribution in [0, 0.1) is 5.92 Å². The first kappa shape index (κ1) is 17.9. The van der Waals surface area contributed by atoms with Crippen molar-refractivity contribution in [1.82, 2.24) is 14.5 Å². The van der Waals surface area contributed by atoms with Crippen molar-refractivity contribution in [2.45, 2.75) is 32.7 Å². The van der Waals surface area contributed by atoms with E-state index in [2.05, 4.69) is 4.98 Å². The summed E-state index contributed by atoms with van der Waals surface area (Å²) in [5.41, 5.74) is -0.126. The van der Waals surface area contributed by atoms with Crippen LogP contribution >= 0.6 is 0 Å². The zero-order valence-corrected chi connectivity index (χ0v) is 14.5. The quantitative estimate of drug-likeness (QED) is 0.847. The van der Waals surface area contributed by atoms with E-state index in [4.69, 9.17) is 5.11 Å². The Bertz CT molecular complexity index is 967. The maximum absolute atomic E-state index is 12.7. The highest BCUT2D eigenvalue weighted by Gasteiger charge is 2.25. The molecule has 1 amide bonds. The molecule has 1 aromatic carbocycles. The molecule has 2 N–H and O–H groups in total. The fourth-order valence-corrected chi connectivity index (χ4v) is 3.44. The number of carbonyl (C=O) groups excluding carboxylic acids is 1. The van der Waals surface area contributed by atoms with E-state index in [1.165, 1.54) is 6.07 Å². The van der Waals surface area contributed by atoms with Crippen LogP contribution in [0.4, 0.5) is 0 Å². The average molecular weight is 359 g/mol. The molecule has 0 radical (unpaired) electrons. The molecule has 2 aromatic rings. The van der Waals surface area contributed by atoms with Gasteiger partial charge in [0.2, 0.25) is 0 Å². The highest BCUT2D eigenvalue weighted by molar-refractivity contribution is 5.97. The second-order valence-electron chi connectivity index (χ2n) is 6.57. The molecular weight excluding hydrogens is 338 g/mol. The Labute approximate surface area is 149 Å². The number of fused-ring (bicyclic) bond motifs is 1. The van der Waals surface area contributed by atoms with Gasteiger partial charge in [0, 0.05) is 31.6 Å². The molecule has 0 aliphatic carbocycles. The van der Waals surface area contributed by atoms with Gasteiger partial charge in [0.1, 0.15) is 0 Å². The van der Waals surface area contributed by atoms with Crippen LogP contribution in [0.5, 0.6) is 0 Å². The van der Waals surface area contributed by atoms with E-state index in [0.29, 0.717) is 42.4 Å². The zero-order chi connectivity index (χ0) is 18.8. The van der Waals surface area contributed by atoms with Crippen LogP contribution in [0.25, 0.3) is 10.9 Å². The molecule has 3 rings (SSSR count). The lowest BCUT2D eigenvalue weighted by Gasteiger charge is -2.31. The van der Waals surface area contributed by atoms with Crippen LogP contribution in [-0.4, -0.2) is 44.5 Å². The molecule has 0 saturated carbocycles. The number of likely N-dealkylation sites (tertiary alicyclic amines) is 1. The summed E-state index contributed by atoms with van der Waals surface area (Å²) in [4.78, 5) is 52.1. The van der Waals surface area contributed by atoms with Gasteiger partial charge in [-0.1, -0.05) is 0 Å². The minimum atomic E-state index is -0.814. The third-order valence-electron chi connectivity index (χ3n) is 4.91. The van der Waals surface area contributed by atoms with Crippen LogP contribution in [0.1, 0.15) is 36.5 Å². The van der Waals surface area contributed by atoms with Crippen molar-refractivity contribution < 1.29 is 14.7 Å². The van der Waals surface area contributed by atoms with E-state index >= 15 is 0 Å². The lowest BCUT2D eigenvalue weighted by atomic mass is 9.93. The van der Waals surface area contributed by atoms with Crippen molar-refractivity contribution in [2.75, 3.05) is 13.1 Å². The zero-order valence-electron chi connectivity index (χ0n) is 14.5. The Morgan fingerprint density at radius 1 is 1.23 bits per heavy atom. The molecule has 0 bridgehead atoms. The van der Waals surface area contributed by atoms with Crippen molar-refractivity contribution in [2.24, 2.45) is 5.92 Å². The average Bonchev–Trinajstić information content (AvgIpc) is 2.61. The van der Waals surface area contributed by atoms with E-state index in [1.54, 1.807) is 24.0 Å². The Morgan fingerprint density at radius 2 is 1.92 bits per heavy atom. The highest BCUT2D eigenvalue weighted by Crippen LogP contribution is 2.22. The summed E-state index contributed by atoms with van der Waals surface area (Å²) in [5, 5.41) is 9.23. The number of piperidine rings is 1. The van der Waals surface area contributed by atoms with Gasteiger partial charge in [-0.2, -0.15) is 0 Å². The smallest absolute Gasteiger partial charge is 0.328 e. The van der Waals surface area contributed by atoms with Crippen molar-refractivity contribution in [3.63, 3.8) is 0 Å². The lowest BCUT2D eigenvalue weighted by Crippen LogP contribution is -2.39. The van der Waals surface area contributed by atoms with Gasteiger partial charge in [0.15, 0.2) is 0 Å². The Morgan fingerprint density at radius 3 is 2.54 bits per heavy atom. The summed E-state index contributed by atoms with van der Waals surface area (Å²) in [7, 11) is 0. The van der Waals surface area contributed by atoms with Crippen molar-refractivity contribution in [3.05, 3.63) is 44.6 Å². The second kappa shape index (κ2) is 7.15. The molecule has 1 aliphatic heterocycles. The number of amides is 1. The number of nitrogens with one attached hydrogen (secondary N) is 1. The molecule has 1 aromatic heterocycles. The molecule has 1 aliphatic rings. The molecule has 8 heteroatoms. The Balaban J connectivity index is 1.83. The molecule has 8 nitrogen and oxygen atoms in total. The number of aromatic amines is 1. The minimum Gasteiger partial charge on any atom is -0.481 e. The summed E-state index contributed by atoms with van der Waals surface area (Å²) in [6.07, 6.45) is 1.44. The standard InChI is InChI=1S/C18H21N3O5/c1-2-21-17(25)13-4-3-12(10-14(13)19-18(21)26)16(24)20-7-5-11(6-8-20)9-15(22)23/h3-4,10-11H,2,5-9H2,1H3,(H,19,26)(H,22,23). The van der Waals surface area contributed by atoms with Gasteiger partial charge < -0.3 is 15.0 Å². The van der Waals surface area contributed by atoms with Crippen molar-refractivity contribution >= 4 is 22.8 Å². The Kier molecular flexibility index (Phi) is 4.92. The van der Waals surface area contributed by atoms with Crippen molar-refractivity contribution in [3.8, 4) is 0 Å². The molecule has 1 fully saturated rings. The van der Waals surface area contributed by atoms with Crippen LogP contribution in [0.15, 0.2) is 27.8 Å². The number of carboxylic acids is 1. The molecule has 1 saturated heterocycles. The van der Waals surface area contributed by atoms with E-state index in [1.807, 2.05) is 0 Å². The molecule has 26 heavy (non-hydrogen) atoms. The molecule has 138 valence electrons. The summed E-state index contributed by atoms with van der Waals surface area (Å²) in [6.45, 7) is 3.00. The minimum absolute atomic E-state index is 0.0945. The second-order valence-corrected chi connectivity index (χ2v) is 6.57. The fraction of sp³-hybridized carbons (Fsp3) is 0.444. The molecule has 0 spiro atoms. The number of hydrogen-bond acceptors (Lipinski definition) is 4. The maximum atomic E-state index is 12.7. The van der Waals surface area contributed by atoms with Crippen molar-refractivity contribution in [1.29, 1.82) is 0 Å². The van der Waals surface area contributed by atoms with E-state index in [0.717, 1.165) is 4.57 Å². The number of aliphatic carboxylic acids is 1. The van der Waals surface area contributed by atoms with Gasteiger partial charge in [0.05, 0.1) is 10.9 Å². The number of hydrogen-bond donors (Lipinski definition) is 2. The fourth-order valence-electron chi connectivity index (χ4n) is 3.44. The molecule has 0 unspecified atom stereocenters. The lowest BCUT2D eigenvalue weighted by molar-refractivity contribution is -0.138. The predicted octanol–water partition coefficient (Wildman–Crippen LogP) is 1.04. The SMILES string of the molecule is CCn1c(=O)[nH]c2cc(C(=O)N3CCC(CC(=O)O)CC3)ccc2c1=O. The van der Waals surface area contributed by atoms with Gasteiger partial charge in [0.25, 0.3) is 11.5 Å². The van der Waals surface area contributed by atoms with Gasteiger partial charge in [-0.25, -0.2) is 4.79 Å². The van der Waals surface area contributed by atoms with Crippen LogP contribution in [0.3, 0.4) is 0 Å². The molecule has 2 heterocycles. The van der Waals surface area contributed by atoms with E-state index in [9.17, 15) is 19.2 Å². The van der Waals surface area contributed by atoms with Gasteiger partial charge in [-0.05, 0) is 43.9 Å². The van der Waals surface area contributed by atoms with Gasteiger partial charge in [-0.15, -0.1) is 0 Å². The van der Waals surface area contributed by atoms with Crippen LogP contribution < -0.4 is 11.2 Å². The largest absolute Gasteiger partial charge is 0.481 e. The Hall–Kier alpha value is -2.90. The number of carboxylic acid groups (broad SMARTS) is 1. The first-order valence-corrected chi connectivity index (χ1v) is 8.68.